The number of nitrogens with zero attached hydrogens (tertiary/aromatic N) is 3. The van der Waals surface area contributed by atoms with Crippen molar-refractivity contribution in [1.29, 1.82) is 0 Å². The molecule has 0 aliphatic heterocycles. The first kappa shape index (κ1) is 10.6. The van der Waals surface area contributed by atoms with Gasteiger partial charge in [-0.25, -0.2) is 9.97 Å². The van der Waals surface area contributed by atoms with Crippen molar-refractivity contribution in [3.8, 4) is 0 Å². The van der Waals surface area contributed by atoms with Crippen molar-refractivity contribution in [2.75, 3.05) is 0 Å². The van der Waals surface area contributed by atoms with Gasteiger partial charge in [0.15, 0.2) is 0 Å². The Bertz CT molecular complexity index is 535. The van der Waals surface area contributed by atoms with Gasteiger partial charge < -0.3 is 10.8 Å². The first-order valence-corrected chi connectivity index (χ1v) is 4.85. The second kappa shape index (κ2) is 3.90. The van der Waals surface area contributed by atoms with Crippen LogP contribution in [0, 0.1) is 6.92 Å². The summed E-state index contributed by atoms with van der Waals surface area (Å²) < 4.78 is 1.76. The Kier molecular flexibility index (Phi) is 2.57. The highest BCUT2D eigenvalue weighted by atomic mass is 16.4. The molecule has 0 aliphatic carbocycles. The van der Waals surface area contributed by atoms with E-state index in [-0.39, 0.29) is 6.42 Å². The quantitative estimate of drug-likeness (QED) is 0.758. The van der Waals surface area contributed by atoms with E-state index in [0.29, 0.717) is 11.5 Å². The summed E-state index contributed by atoms with van der Waals surface area (Å²) in [6.07, 6.45) is 5.55. The van der Waals surface area contributed by atoms with Crippen LogP contribution in [0.25, 0.3) is 5.78 Å². The number of fused-ring (bicyclic) bond motifs is 1. The fraction of sp³-hybridized carbons (Fsp3) is 0.300. The normalized spacial score (nSPS) is 12.9. The van der Waals surface area contributed by atoms with Crippen LogP contribution in [-0.4, -0.2) is 31.5 Å². The van der Waals surface area contributed by atoms with Crippen LogP contribution >= 0.6 is 0 Å². The third kappa shape index (κ3) is 2.01. The SMILES string of the molecule is Cc1cnc2nc(CC(N)C(=O)O)cn2c1. The number of hydrogen-bond acceptors (Lipinski definition) is 4. The van der Waals surface area contributed by atoms with Gasteiger partial charge in [-0.3, -0.25) is 9.20 Å². The number of carboxylic acids is 1. The van der Waals surface area contributed by atoms with Crippen molar-refractivity contribution in [2.24, 2.45) is 5.73 Å². The Morgan fingerprint density at radius 2 is 2.38 bits per heavy atom. The van der Waals surface area contributed by atoms with Gasteiger partial charge in [0.05, 0.1) is 5.69 Å². The molecule has 2 rings (SSSR count). The Labute approximate surface area is 91.7 Å². The lowest BCUT2D eigenvalue weighted by Gasteiger charge is -2.01. The second-order valence-electron chi connectivity index (χ2n) is 3.72. The average Bonchev–Trinajstić information content (AvgIpc) is 2.58. The molecular weight excluding hydrogens is 208 g/mol. The van der Waals surface area contributed by atoms with Crippen molar-refractivity contribution >= 4 is 11.7 Å². The van der Waals surface area contributed by atoms with Crippen LogP contribution < -0.4 is 5.73 Å². The van der Waals surface area contributed by atoms with Crippen molar-refractivity contribution in [3.63, 3.8) is 0 Å². The predicted octanol–water partition coefficient (Wildman–Crippen LogP) is -0.00788. The largest absolute Gasteiger partial charge is 0.480 e. The molecule has 6 nitrogen and oxygen atoms in total. The summed E-state index contributed by atoms with van der Waals surface area (Å²) >= 11 is 0. The van der Waals surface area contributed by atoms with Crippen molar-refractivity contribution in [2.45, 2.75) is 19.4 Å². The zero-order valence-electron chi connectivity index (χ0n) is 8.79. The fourth-order valence-corrected chi connectivity index (χ4v) is 1.45. The summed E-state index contributed by atoms with van der Waals surface area (Å²) in [6, 6.07) is -0.925. The Hall–Kier alpha value is -1.95. The van der Waals surface area contributed by atoms with E-state index in [1.165, 1.54) is 0 Å². The van der Waals surface area contributed by atoms with Gasteiger partial charge in [0.25, 0.3) is 0 Å². The Morgan fingerprint density at radius 3 is 3.06 bits per heavy atom. The Balaban J connectivity index is 2.29. The molecular formula is C10H12N4O2. The van der Waals surface area contributed by atoms with E-state index in [0.717, 1.165) is 5.56 Å². The van der Waals surface area contributed by atoms with Crippen LogP contribution in [0.1, 0.15) is 11.3 Å². The number of rotatable bonds is 3. The van der Waals surface area contributed by atoms with Crippen LogP contribution in [0.4, 0.5) is 0 Å². The van der Waals surface area contributed by atoms with Gasteiger partial charge in [0.1, 0.15) is 6.04 Å². The van der Waals surface area contributed by atoms with Crippen LogP contribution in [0.5, 0.6) is 0 Å². The number of carboxylic acid groups (broad SMARTS) is 1. The zero-order valence-corrected chi connectivity index (χ0v) is 8.79. The summed E-state index contributed by atoms with van der Waals surface area (Å²) in [7, 11) is 0. The fourth-order valence-electron chi connectivity index (χ4n) is 1.45. The molecule has 1 unspecified atom stereocenters. The molecule has 2 aromatic heterocycles. The van der Waals surface area contributed by atoms with E-state index in [2.05, 4.69) is 9.97 Å². The monoisotopic (exact) mass is 220 g/mol. The van der Waals surface area contributed by atoms with Crippen molar-refractivity contribution < 1.29 is 9.90 Å². The standard InChI is InChI=1S/C10H12N4O2/c1-6-3-12-10-13-7(5-14(10)4-6)2-8(11)9(15)16/h3-5,8H,2,11H2,1H3,(H,15,16). The van der Waals surface area contributed by atoms with E-state index in [4.69, 9.17) is 10.8 Å². The second-order valence-corrected chi connectivity index (χ2v) is 3.72. The van der Waals surface area contributed by atoms with Gasteiger partial charge in [-0.15, -0.1) is 0 Å². The van der Waals surface area contributed by atoms with Crippen molar-refractivity contribution in [1.82, 2.24) is 14.4 Å². The molecule has 0 bridgehead atoms. The van der Waals surface area contributed by atoms with Crippen LogP contribution in [-0.2, 0) is 11.2 Å². The number of aromatic nitrogens is 3. The number of aryl methyl sites for hydroxylation is 1. The van der Waals surface area contributed by atoms with E-state index >= 15 is 0 Å². The lowest BCUT2D eigenvalue weighted by atomic mass is 10.2. The zero-order chi connectivity index (χ0) is 11.7. The van der Waals surface area contributed by atoms with Gasteiger partial charge in [0, 0.05) is 25.0 Å². The molecule has 0 aromatic carbocycles. The Morgan fingerprint density at radius 1 is 1.62 bits per heavy atom. The molecule has 3 N–H and O–H groups in total. The maximum atomic E-state index is 10.6. The summed E-state index contributed by atoms with van der Waals surface area (Å²) in [4.78, 5) is 18.9. The minimum absolute atomic E-state index is 0.206. The lowest BCUT2D eigenvalue weighted by molar-refractivity contribution is -0.138. The molecule has 0 spiro atoms. The molecule has 84 valence electrons. The first-order valence-electron chi connectivity index (χ1n) is 4.85. The smallest absolute Gasteiger partial charge is 0.320 e. The van der Waals surface area contributed by atoms with Crippen LogP contribution in [0.3, 0.4) is 0 Å². The molecule has 0 fully saturated rings. The predicted molar refractivity (Wildman–Crippen MR) is 57.0 cm³/mol. The van der Waals surface area contributed by atoms with Crippen LogP contribution in [0.15, 0.2) is 18.6 Å². The summed E-state index contributed by atoms with van der Waals surface area (Å²) in [5.41, 5.74) is 7.08. The average molecular weight is 220 g/mol. The topological polar surface area (TPSA) is 93.5 Å². The van der Waals surface area contributed by atoms with Gasteiger partial charge in [-0.2, -0.15) is 0 Å². The van der Waals surface area contributed by atoms with Crippen LogP contribution in [0.2, 0.25) is 0 Å². The molecule has 0 radical (unpaired) electrons. The molecule has 6 heteroatoms. The summed E-state index contributed by atoms with van der Waals surface area (Å²) in [5.74, 6) is -0.473. The van der Waals surface area contributed by atoms with E-state index in [1.807, 2.05) is 13.1 Å². The number of imidazole rings is 1. The third-order valence-corrected chi connectivity index (χ3v) is 2.24. The molecule has 0 saturated heterocycles. The molecule has 0 saturated carbocycles. The molecule has 2 aromatic rings. The first-order chi connectivity index (χ1) is 7.56. The third-order valence-electron chi connectivity index (χ3n) is 2.24. The van der Waals surface area contributed by atoms with Gasteiger partial charge in [-0.05, 0) is 12.5 Å². The number of nitrogens with two attached hydrogens (primary N) is 1. The van der Waals surface area contributed by atoms with E-state index in [1.54, 1.807) is 16.8 Å². The summed E-state index contributed by atoms with van der Waals surface area (Å²) in [5, 5.41) is 8.69. The minimum Gasteiger partial charge on any atom is -0.480 e. The highest BCUT2D eigenvalue weighted by Gasteiger charge is 2.14. The molecule has 2 heterocycles. The van der Waals surface area contributed by atoms with E-state index in [9.17, 15) is 4.79 Å². The van der Waals surface area contributed by atoms with Gasteiger partial charge in [0.2, 0.25) is 5.78 Å². The molecule has 1 atom stereocenters. The van der Waals surface area contributed by atoms with Gasteiger partial charge in [-0.1, -0.05) is 0 Å². The lowest BCUT2D eigenvalue weighted by Crippen LogP contribution is -2.32. The maximum absolute atomic E-state index is 10.6. The molecule has 0 amide bonds. The molecule has 0 aliphatic rings. The molecule has 16 heavy (non-hydrogen) atoms. The minimum atomic E-state index is -1.03. The maximum Gasteiger partial charge on any atom is 0.320 e. The summed E-state index contributed by atoms with van der Waals surface area (Å²) in [6.45, 7) is 1.93. The van der Waals surface area contributed by atoms with Crippen molar-refractivity contribution in [3.05, 3.63) is 29.8 Å². The number of hydrogen-bond donors (Lipinski definition) is 2. The van der Waals surface area contributed by atoms with Gasteiger partial charge >= 0.3 is 5.97 Å². The highest BCUT2D eigenvalue weighted by Crippen LogP contribution is 2.06. The van der Waals surface area contributed by atoms with E-state index < -0.39 is 12.0 Å². The number of aliphatic carboxylic acids is 1. The number of carbonyl (C=O) groups is 1. The highest BCUT2D eigenvalue weighted by molar-refractivity contribution is 5.73.